The number of carbonyl (C=O) groups is 1. The third-order valence-electron chi connectivity index (χ3n) is 6.11. The fraction of sp³-hybridized carbons (Fsp3) is 0.333. The van der Waals surface area contributed by atoms with Crippen molar-refractivity contribution in [2.45, 2.75) is 45.1 Å². The first kappa shape index (κ1) is 28.2. The van der Waals surface area contributed by atoms with Crippen LogP contribution in [0.15, 0.2) is 58.0 Å². The second-order valence-corrected chi connectivity index (χ2v) is 12.5. The zero-order chi connectivity index (χ0) is 27.4. The molecule has 1 aromatic heterocycles. The van der Waals surface area contributed by atoms with Crippen molar-refractivity contribution in [2.24, 2.45) is 0 Å². The van der Waals surface area contributed by atoms with Crippen LogP contribution in [0.4, 0.5) is 11.4 Å². The molecule has 1 aliphatic rings. The van der Waals surface area contributed by atoms with Crippen LogP contribution in [0.3, 0.4) is 0 Å². The predicted molar refractivity (Wildman–Crippen MR) is 156 cm³/mol. The Hall–Kier alpha value is -2.86. The Labute approximate surface area is 231 Å². The van der Waals surface area contributed by atoms with E-state index >= 15 is 0 Å². The number of fused-ring (bicyclic) bond motifs is 2. The van der Waals surface area contributed by atoms with Crippen LogP contribution in [0.1, 0.15) is 38.6 Å². The van der Waals surface area contributed by atoms with E-state index in [0.29, 0.717) is 13.0 Å². The smallest absolute Gasteiger partial charge is 0.265 e. The van der Waals surface area contributed by atoms with Gasteiger partial charge in [0.1, 0.15) is 10.4 Å². The summed E-state index contributed by atoms with van der Waals surface area (Å²) in [5, 5.41) is 4.96. The van der Waals surface area contributed by atoms with E-state index in [2.05, 4.69) is 40.8 Å². The highest BCUT2D eigenvalue weighted by molar-refractivity contribution is 8.03. The zero-order valence-electron chi connectivity index (χ0n) is 21.9. The number of hydrogen-bond donors (Lipinski definition) is 2. The molecular weight excluding hydrogens is 543 g/mol. The molecule has 1 aliphatic heterocycles. The van der Waals surface area contributed by atoms with Crippen LogP contribution in [-0.2, 0) is 21.5 Å². The summed E-state index contributed by atoms with van der Waals surface area (Å²) >= 11 is 3.33. The summed E-state index contributed by atoms with van der Waals surface area (Å²) in [5.41, 5.74) is 3.93. The van der Waals surface area contributed by atoms with E-state index in [1.165, 1.54) is 6.92 Å². The topological polar surface area (TPSA) is 99.8 Å². The van der Waals surface area contributed by atoms with E-state index in [4.69, 9.17) is 4.74 Å². The summed E-state index contributed by atoms with van der Waals surface area (Å²) in [6.45, 7) is 6.94. The summed E-state index contributed by atoms with van der Waals surface area (Å²) in [5.74, 6) is 0.330. The van der Waals surface area contributed by atoms with Crippen LogP contribution in [0.5, 0.6) is 5.75 Å². The van der Waals surface area contributed by atoms with E-state index in [1.807, 2.05) is 36.4 Å². The molecule has 0 atom stereocenters. The molecule has 0 radical (unpaired) electrons. The number of methoxy groups -OCH3 is 1. The van der Waals surface area contributed by atoms with E-state index < -0.39 is 10.1 Å². The normalized spacial score (nSPS) is 14.8. The maximum atomic E-state index is 11.5. The molecule has 0 aliphatic carbocycles. The third kappa shape index (κ3) is 6.58. The van der Waals surface area contributed by atoms with Crippen molar-refractivity contribution in [3.63, 3.8) is 0 Å². The first-order valence-corrected chi connectivity index (χ1v) is 15.6. The monoisotopic (exact) mass is 574 g/mol. The molecule has 2 heterocycles. The van der Waals surface area contributed by atoms with Gasteiger partial charge in [-0.1, -0.05) is 30.0 Å². The number of ether oxygens (including phenoxy) is 1. The molecule has 0 saturated carbocycles. The number of nitrogens with zero attached hydrogens (tertiary/aromatic N) is 2. The minimum absolute atomic E-state index is 0.100. The molecule has 1 amide bonds. The average molecular weight is 575 g/mol. The molecule has 38 heavy (non-hydrogen) atoms. The lowest BCUT2D eigenvalue weighted by atomic mass is 10.2. The van der Waals surface area contributed by atoms with Crippen molar-refractivity contribution in [3.8, 4) is 5.75 Å². The number of hydrogen-bond acceptors (Lipinski definition) is 7. The Morgan fingerprint density at radius 1 is 1.21 bits per heavy atom. The number of thioether (sulfide) groups is 1. The Kier molecular flexibility index (Phi) is 8.81. The molecule has 4 rings (SSSR count). The van der Waals surface area contributed by atoms with Crippen molar-refractivity contribution in [1.29, 1.82) is 0 Å². The highest BCUT2D eigenvalue weighted by atomic mass is 32.2. The third-order valence-corrected chi connectivity index (χ3v) is 9.14. The van der Waals surface area contributed by atoms with Gasteiger partial charge in [-0.3, -0.25) is 9.35 Å². The first-order chi connectivity index (χ1) is 18.1. The van der Waals surface area contributed by atoms with Crippen LogP contribution in [-0.4, -0.2) is 38.3 Å². The Morgan fingerprint density at radius 2 is 2.00 bits per heavy atom. The summed E-state index contributed by atoms with van der Waals surface area (Å²) in [4.78, 5) is 14.9. The molecule has 0 unspecified atom stereocenters. The SMILES string of the molecule is CCC(/C=C1\Sc2ccc(NC(C)=O)cc2N1CC)=C\c1sc2ccc(OC)cc2[n+]1CCCS(=O)(=O)O. The molecule has 0 bridgehead atoms. The lowest BCUT2D eigenvalue weighted by Gasteiger charge is -2.19. The molecule has 0 saturated heterocycles. The predicted octanol–water partition coefficient (Wildman–Crippen LogP) is 5.70. The number of thiazole rings is 1. The van der Waals surface area contributed by atoms with Crippen molar-refractivity contribution < 1.29 is 27.1 Å². The fourth-order valence-corrected chi connectivity index (χ4v) is 7.15. The molecule has 2 aromatic carbocycles. The van der Waals surface area contributed by atoms with Gasteiger partial charge in [-0.15, -0.1) is 0 Å². The summed E-state index contributed by atoms with van der Waals surface area (Å²) in [6, 6.07) is 11.8. The number of amides is 1. The maximum absolute atomic E-state index is 11.5. The number of anilines is 2. The molecular formula is C27H32N3O5S3+. The molecule has 11 heteroatoms. The minimum Gasteiger partial charge on any atom is -0.497 e. The minimum atomic E-state index is -4.04. The number of rotatable bonds is 10. The van der Waals surface area contributed by atoms with Gasteiger partial charge >= 0.3 is 0 Å². The van der Waals surface area contributed by atoms with Crippen LogP contribution < -0.4 is 19.5 Å². The average Bonchev–Trinajstić information content (AvgIpc) is 3.38. The van der Waals surface area contributed by atoms with Crippen LogP contribution in [0.25, 0.3) is 16.3 Å². The number of benzene rings is 2. The highest BCUT2D eigenvalue weighted by Gasteiger charge is 2.25. The first-order valence-electron chi connectivity index (χ1n) is 12.4. The van der Waals surface area contributed by atoms with Gasteiger partial charge in [-0.25, -0.2) is 0 Å². The van der Waals surface area contributed by atoms with Gasteiger partial charge in [0.2, 0.25) is 11.4 Å². The molecule has 8 nitrogen and oxygen atoms in total. The van der Waals surface area contributed by atoms with Crippen molar-refractivity contribution in [2.75, 3.05) is 29.6 Å². The second kappa shape index (κ2) is 11.9. The van der Waals surface area contributed by atoms with Gasteiger partial charge in [-0.05, 0) is 55.3 Å². The summed E-state index contributed by atoms with van der Waals surface area (Å²) in [7, 11) is -2.42. The van der Waals surface area contributed by atoms with Gasteiger partial charge in [0.15, 0.2) is 6.54 Å². The lowest BCUT2D eigenvalue weighted by Crippen LogP contribution is -2.36. The van der Waals surface area contributed by atoms with Crippen molar-refractivity contribution >= 4 is 66.8 Å². The number of aryl methyl sites for hydroxylation is 1. The number of nitrogens with one attached hydrogen (secondary N) is 1. The number of aromatic nitrogens is 1. The quantitative estimate of drug-likeness (QED) is 0.237. The Balaban J connectivity index is 1.71. The fourth-order valence-electron chi connectivity index (χ4n) is 4.33. The van der Waals surface area contributed by atoms with Crippen LogP contribution in [0, 0.1) is 0 Å². The highest BCUT2D eigenvalue weighted by Crippen LogP contribution is 2.47. The van der Waals surface area contributed by atoms with Crippen molar-refractivity contribution in [3.05, 3.63) is 58.1 Å². The van der Waals surface area contributed by atoms with Crippen molar-refractivity contribution in [1.82, 2.24) is 0 Å². The van der Waals surface area contributed by atoms with E-state index in [9.17, 15) is 17.8 Å². The van der Waals surface area contributed by atoms with Gasteiger partial charge in [-0.2, -0.15) is 13.0 Å². The summed E-state index contributed by atoms with van der Waals surface area (Å²) in [6.07, 6.45) is 5.44. The van der Waals surface area contributed by atoms with Crippen LogP contribution >= 0.6 is 23.1 Å². The molecule has 0 fully saturated rings. The molecule has 0 spiro atoms. The van der Waals surface area contributed by atoms with Gasteiger partial charge in [0, 0.05) is 36.5 Å². The van der Waals surface area contributed by atoms with E-state index in [0.717, 1.165) is 60.8 Å². The van der Waals surface area contributed by atoms with Gasteiger partial charge in [0.05, 0.1) is 29.6 Å². The molecule has 202 valence electrons. The number of carbonyl (C=O) groups excluding carboxylic acids is 1. The molecule has 3 aromatic rings. The summed E-state index contributed by atoms with van der Waals surface area (Å²) < 4.78 is 40.5. The second-order valence-electron chi connectivity index (χ2n) is 8.83. The van der Waals surface area contributed by atoms with E-state index in [-0.39, 0.29) is 11.7 Å². The Morgan fingerprint density at radius 3 is 2.66 bits per heavy atom. The lowest BCUT2D eigenvalue weighted by molar-refractivity contribution is -0.668. The van der Waals surface area contributed by atoms with Crippen LogP contribution in [0.2, 0.25) is 0 Å². The largest absolute Gasteiger partial charge is 0.497 e. The Bertz CT molecular complexity index is 1530. The van der Waals surface area contributed by atoms with Gasteiger partial charge in [0.25, 0.3) is 15.1 Å². The standard InChI is InChI=1S/C27H31N3O5S3/c1-5-19(14-26-29(6-2)22-16-20(28-18(3)31)8-10-24(22)36-26)15-27-30(12-7-13-38(32,33)34)23-17-21(35-4)9-11-25(23)37-27/h8-11,14-17H,5-7,12-13H2,1-4H3,(H-,28,31,32,33,34)/p+1. The van der Waals surface area contributed by atoms with Gasteiger partial charge < -0.3 is 15.0 Å². The number of allylic oxidation sites excluding steroid dienone is 2. The zero-order valence-corrected chi connectivity index (χ0v) is 24.3. The molecule has 2 N–H and O–H groups in total. The maximum Gasteiger partial charge on any atom is 0.265 e. The van der Waals surface area contributed by atoms with E-state index in [1.54, 1.807) is 30.2 Å².